The van der Waals surface area contributed by atoms with Gasteiger partial charge < -0.3 is 10.3 Å². The Kier molecular flexibility index (Phi) is 4.59. The fourth-order valence-corrected chi connectivity index (χ4v) is 2.51. The van der Waals surface area contributed by atoms with E-state index in [-0.39, 0.29) is 0 Å². The molecule has 0 spiro atoms. The highest BCUT2D eigenvalue weighted by Gasteiger charge is 2.17. The fourth-order valence-electron chi connectivity index (χ4n) is 2.51. The zero-order valence-electron chi connectivity index (χ0n) is 10.9. The molecule has 0 aromatic carbocycles. The normalized spacial score (nSPS) is 19.7. The summed E-state index contributed by atoms with van der Waals surface area (Å²) in [5.74, 6) is 0. The Morgan fingerprint density at radius 1 is 1.41 bits per heavy atom. The molecular weight excluding hydrogens is 212 g/mol. The molecular formula is C13H24N4. The summed E-state index contributed by atoms with van der Waals surface area (Å²) in [4.78, 5) is 8.21. The van der Waals surface area contributed by atoms with Crippen molar-refractivity contribution in [1.82, 2.24) is 20.1 Å². The average molecular weight is 236 g/mol. The first-order chi connectivity index (χ1) is 8.25. The van der Waals surface area contributed by atoms with Crippen LogP contribution in [0.4, 0.5) is 0 Å². The Bertz CT molecular complexity index is 303. The van der Waals surface area contributed by atoms with E-state index in [1.54, 1.807) is 0 Å². The topological polar surface area (TPSA) is 34.3 Å². The van der Waals surface area contributed by atoms with Crippen LogP contribution in [0.15, 0.2) is 18.3 Å². The van der Waals surface area contributed by atoms with Gasteiger partial charge in [0.1, 0.15) is 0 Å². The van der Waals surface area contributed by atoms with Crippen molar-refractivity contribution >= 4 is 0 Å². The minimum absolute atomic E-state index is 0.636. The van der Waals surface area contributed by atoms with E-state index in [1.807, 2.05) is 6.20 Å². The quantitative estimate of drug-likeness (QED) is 0.791. The summed E-state index contributed by atoms with van der Waals surface area (Å²) in [6.07, 6.45) is 1.99. The molecule has 0 amide bonds. The zero-order valence-corrected chi connectivity index (χ0v) is 10.9. The smallest absolute Gasteiger partial charge is 0.0382 e. The molecule has 2 rings (SSSR count). The van der Waals surface area contributed by atoms with Gasteiger partial charge in [-0.25, -0.2) is 0 Å². The van der Waals surface area contributed by atoms with E-state index >= 15 is 0 Å². The molecule has 1 aliphatic heterocycles. The maximum Gasteiger partial charge on any atom is 0.0382 e. The second kappa shape index (κ2) is 6.19. The van der Waals surface area contributed by atoms with Crippen LogP contribution in [0.5, 0.6) is 0 Å². The molecule has 1 atom stereocenters. The fraction of sp³-hybridized carbons (Fsp3) is 0.692. The van der Waals surface area contributed by atoms with Crippen molar-refractivity contribution in [3.8, 4) is 0 Å². The van der Waals surface area contributed by atoms with Gasteiger partial charge in [0.25, 0.3) is 0 Å². The van der Waals surface area contributed by atoms with Gasteiger partial charge in [-0.15, -0.1) is 0 Å². The molecule has 0 saturated carbocycles. The summed E-state index contributed by atoms with van der Waals surface area (Å²) in [5.41, 5.74) is 1.29. The van der Waals surface area contributed by atoms with E-state index in [9.17, 15) is 0 Å². The molecule has 1 aliphatic rings. The van der Waals surface area contributed by atoms with Crippen LogP contribution in [0.2, 0.25) is 0 Å². The lowest BCUT2D eigenvalue weighted by atomic mass is 10.2. The highest BCUT2D eigenvalue weighted by atomic mass is 15.2. The number of nitrogens with zero attached hydrogens (tertiary/aromatic N) is 2. The molecule has 96 valence electrons. The van der Waals surface area contributed by atoms with Crippen LogP contribution >= 0.6 is 0 Å². The van der Waals surface area contributed by atoms with E-state index in [2.05, 4.69) is 46.2 Å². The maximum atomic E-state index is 3.40. The third-order valence-electron chi connectivity index (χ3n) is 3.45. The Labute approximate surface area is 104 Å². The first kappa shape index (κ1) is 12.6. The highest BCUT2D eigenvalue weighted by molar-refractivity contribution is 5.03. The highest BCUT2D eigenvalue weighted by Crippen LogP contribution is 2.05. The van der Waals surface area contributed by atoms with Crippen molar-refractivity contribution < 1.29 is 0 Å². The molecule has 1 aromatic heterocycles. The summed E-state index contributed by atoms with van der Waals surface area (Å²) >= 11 is 0. The minimum atomic E-state index is 0.636. The molecule has 1 fully saturated rings. The van der Waals surface area contributed by atoms with E-state index in [4.69, 9.17) is 0 Å². The van der Waals surface area contributed by atoms with Crippen molar-refractivity contribution in [2.24, 2.45) is 0 Å². The number of nitrogens with one attached hydrogen (secondary N) is 2. The summed E-state index contributed by atoms with van der Waals surface area (Å²) in [7, 11) is 2.19. The summed E-state index contributed by atoms with van der Waals surface area (Å²) in [6.45, 7) is 9.07. The second-order valence-corrected chi connectivity index (χ2v) is 5.03. The predicted octanol–water partition coefficient (Wildman–Crippen LogP) is 0.740. The summed E-state index contributed by atoms with van der Waals surface area (Å²) in [6, 6.07) is 4.84. The van der Waals surface area contributed by atoms with E-state index in [0.29, 0.717) is 6.04 Å². The number of H-pyrrole nitrogens is 1. The van der Waals surface area contributed by atoms with Gasteiger partial charge in [0, 0.05) is 57.2 Å². The molecule has 2 N–H and O–H groups in total. The van der Waals surface area contributed by atoms with Gasteiger partial charge in [-0.1, -0.05) is 0 Å². The summed E-state index contributed by atoms with van der Waals surface area (Å²) < 4.78 is 0. The number of likely N-dealkylation sites (N-methyl/N-ethyl adjacent to an activating group) is 1. The molecule has 1 aromatic rings. The van der Waals surface area contributed by atoms with E-state index in [0.717, 1.165) is 26.2 Å². The van der Waals surface area contributed by atoms with Gasteiger partial charge in [-0.2, -0.15) is 0 Å². The minimum Gasteiger partial charge on any atom is -0.364 e. The lowest BCUT2D eigenvalue weighted by Gasteiger charge is -2.34. The number of piperazine rings is 1. The maximum absolute atomic E-state index is 3.40. The molecule has 0 bridgehead atoms. The lowest BCUT2D eigenvalue weighted by Crippen LogP contribution is -2.50. The molecule has 0 radical (unpaired) electrons. The predicted molar refractivity (Wildman–Crippen MR) is 71.0 cm³/mol. The Morgan fingerprint density at radius 3 is 2.82 bits per heavy atom. The van der Waals surface area contributed by atoms with Crippen LogP contribution in [-0.2, 0) is 6.54 Å². The molecule has 4 nitrogen and oxygen atoms in total. The van der Waals surface area contributed by atoms with Crippen LogP contribution < -0.4 is 5.32 Å². The lowest BCUT2D eigenvalue weighted by molar-refractivity contribution is 0.143. The molecule has 0 aliphatic carbocycles. The molecule has 2 heterocycles. The van der Waals surface area contributed by atoms with E-state index in [1.165, 1.54) is 18.8 Å². The van der Waals surface area contributed by atoms with Gasteiger partial charge in [0.15, 0.2) is 0 Å². The van der Waals surface area contributed by atoms with Crippen LogP contribution in [-0.4, -0.2) is 60.6 Å². The molecule has 1 unspecified atom stereocenters. The number of rotatable bonds is 5. The summed E-state index contributed by atoms with van der Waals surface area (Å²) in [5, 5.41) is 3.40. The SMILES string of the molecule is CC(CN(C)Cc1ccc[nH]1)N1CCNCC1. The van der Waals surface area contributed by atoms with Crippen molar-refractivity contribution in [2.75, 3.05) is 39.8 Å². The van der Waals surface area contributed by atoms with Crippen LogP contribution in [0.1, 0.15) is 12.6 Å². The van der Waals surface area contributed by atoms with E-state index < -0.39 is 0 Å². The first-order valence-corrected chi connectivity index (χ1v) is 6.51. The Balaban J connectivity index is 1.75. The Morgan fingerprint density at radius 2 is 2.18 bits per heavy atom. The van der Waals surface area contributed by atoms with Crippen molar-refractivity contribution in [3.05, 3.63) is 24.0 Å². The third kappa shape index (κ3) is 3.84. The molecule has 4 heteroatoms. The molecule has 17 heavy (non-hydrogen) atoms. The number of aromatic amines is 1. The van der Waals surface area contributed by atoms with Crippen LogP contribution in [0.3, 0.4) is 0 Å². The number of hydrogen-bond donors (Lipinski definition) is 2. The van der Waals surface area contributed by atoms with Crippen molar-refractivity contribution in [2.45, 2.75) is 19.5 Å². The number of aromatic nitrogens is 1. The van der Waals surface area contributed by atoms with Crippen LogP contribution in [0.25, 0.3) is 0 Å². The third-order valence-corrected chi connectivity index (χ3v) is 3.45. The second-order valence-electron chi connectivity index (χ2n) is 5.03. The van der Waals surface area contributed by atoms with Gasteiger partial charge in [-0.05, 0) is 26.1 Å². The first-order valence-electron chi connectivity index (χ1n) is 6.51. The largest absolute Gasteiger partial charge is 0.364 e. The van der Waals surface area contributed by atoms with Gasteiger partial charge in [0.2, 0.25) is 0 Å². The molecule has 1 saturated heterocycles. The monoisotopic (exact) mass is 236 g/mol. The van der Waals surface area contributed by atoms with Gasteiger partial charge >= 0.3 is 0 Å². The van der Waals surface area contributed by atoms with Gasteiger partial charge in [-0.3, -0.25) is 9.80 Å². The average Bonchev–Trinajstić information content (AvgIpc) is 2.82. The van der Waals surface area contributed by atoms with Crippen molar-refractivity contribution in [3.63, 3.8) is 0 Å². The standard InChI is InChI=1S/C13H24N4/c1-12(17-8-6-14-7-9-17)10-16(2)11-13-4-3-5-15-13/h3-5,12,14-15H,6-11H2,1-2H3. The van der Waals surface area contributed by atoms with Gasteiger partial charge in [0.05, 0.1) is 0 Å². The zero-order chi connectivity index (χ0) is 12.1. The van der Waals surface area contributed by atoms with Crippen LogP contribution in [0, 0.1) is 0 Å². The number of hydrogen-bond acceptors (Lipinski definition) is 3. The van der Waals surface area contributed by atoms with Crippen molar-refractivity contribution in [1.29, 1.82) is 0 Å². The Hall–Kier alpha value is -0.840.